The molecule has 1 fully saturated rings. The summed E-state index contributed by atoms with van der Waals surface area (Å²) in [5.41, 5.74) is 1.92. The lowest BCUT2D eigenvalue weighted by Gasteiger charge is -2.27. The maximum Gasteiger partial charge on any atom is 0.232 e. The van der Waals surface area contributed by atoms with Crippen molar-refractivity contribution in [2.24, 2.45) is 5.92 Å². The number of rotatable bonds is 4. The van der Waals surface area contributed by atoms with Crippen LogP contribution in [0.2, 0.25) is 0 Å². The largest absolute Gasteiger partial charge is 0.303 e. The van der Waals surface area contributed by atoms with Gasteiger partial charge in [-0.1, -0.05) is 23.8 Å². The highest BCUT2D eigenvalue weighted by Gasteiger charge is 2.45. The Morgan fingerprint density at radius 1 is 1.31 bits per heavy atom. The first-order valence-electron chi connectivity index (χ1n) is 8.22. The van der Waals surface area contributed by atoms with Gasteiger partial charge in [0.1, 0.15) is 6.33 Å². The van der Waals surface area contributed by atoms with E-state index < -0.39 is 5.92 Å². The summed E-state index contributed by atoms with van der Waals surface area (Å²) in [7, 11) is 0. The molecule has 2 aromatic heterocycles. The number of aryl methyl sites for hydroxylation is 1. The molecule has 0 saturated carbocycles. The molecule has 26 heavy (non-hydrogen) atoms. The van der Waals surface area contributed by atoms with Gasteiger partial charge in [-0.05, 0) is 30.5 Å². The Balaban J connectivity index is 1.69. The average Bonchev–Trinajstić information content (AvgIpc) is 3.36. The van der Waals surface area contributed by atoms with Crippen LogP contribution >= 0.6 is 11.3 Å². The maximum absolute atomic E-state index is 12.8. The molecule has 132 valence electrons. The molecule has 1 aromatic carbocycles. The van der Waals surface area contributed by atoms with Crippen LogP contribution in [0.3, 0.4) is 0 Å². The number of benzene rings is 1. The summed E-state index contributed by atoms with van der Waals surface area (Å²) < 4.78 is 0. The highest BCUT2D eigenvalue weighted by molar-refractivity contribution is 7.10. The van der Waals surface area contributed by atoms with Gasteiger partial charge < -0.3 is 4.90 Å². The number of aromatic nitrogens is 3. The van der Waals surface area contributed by atoms with Crippen molar-refractivity contribution in [1.82, 2.24) is 15.2 Å². The first kappa shape index (κ1) is 16.5. The molecular weight excluding hydrogens is 350 g/mol. The van der Waals surface area contributed by atoms with Crippen molar-refractivity contribution in [1.29, 1.82) is 0 Å². The molecule has 1 aliphatic rings. The normalized spacial score (nSPS) is 19.7. The van der Waals surface area contributed by atoms with Crippen molar-refractivity contribution in [3.05, 3.63) is 58.5 Å². The van der Waals surface area contributed by atoms with Gasteiger partial charge in [0.15, 0.2) is 0 Å². The maximum atomic E-state index is 12.8. The van der Waals surface area contributed by atoms with Crippen LogP contribution in [0, 0.1) is 12.8 Å². The smallest absolute Gasteiger partial charge is 0.232 e. The van der Waals surface area contributed by atoms with E-state index in [0.29, 0.717) is 0 Å². The van der Waals surface area contributed by atoms with Crippen molar-refractivity contribution in [3.8, 4) is 0 Å². The van der Waals surface area contributed by atoms with Crippen LogP contribution in [-0.4, -0.2) is 27.0 Å². The summed E-state index contributed by atoms with van der Waals surface area (Å²) in [6.07, 6.45) is 1.47. The zero-order valence-electron chi connectivity index (χ0n) is 14.0. The molecule has 8 heteroatoms. The van der Waals surface area contributed by atoms with E-state index in [1.807, 2.05) is 48.7 Å². The van der Waals surface area contributed by atoms with Gasteiger partial charge in [-0.3, -0.25) is 14.9 Å². The number of hydrogen-bond acceptors (Lipinski definition) is 5. The fourth-order valence-corrected chi connectivity index (χ4v) is 4.12. The monoisotopic (exact) mass is 367 g/mol. The molecule has 1 saturated heterocycles. The van der Waals surface area contributed by atoms with E-state index >= 15 is 0 Å². The minimum absolute atomic E-state index is 0.0648. The third-order valence-corrected chi connectivity index (χ3v) is 5.41. The minimum atomic E-state index is -0.507. The zero-order chi connectivity index (χ0) is 18.1. The van der Waals surface area contributed by atoms with Crippen molar-refractivity contribution in [2.75, 3.05) is 10.2 Å². The summed E-state index contributed by atoms with van der Waals surface area (Å²) in [6.45, 7) is 2.00. The Labute approximate surface area is 154 Å². The molecule has 7 nitrogen and oxygen atoms in total. The van der Waals surface area contributed by atoms with Gasteiger partial charge in [0.2, 0.25) is 17.8 Å². The highest BCUT2D eigenvalue weighted by atomic mass is 32.1. The number of hydrogen-bond donors (Lipinski definition) is 2. The third kappa shape index (κ3) is 2.99. The minimum Gasteiger partial charge on any atom is -0.303 e. The van der Waals surface area contributed by atoms with E-state index in [0.717, 1.165) is 16.1 Å². The second-order valence-corrected chi connectivity index (χ2v) is 7.17. The van der Waals surface area contributed by atoms with E-state index in [1.54, 1.807) is 16.2 Å². The number of carbonyl (C=O) groups is 2. The van der Waals surface area contributed by atoms with Gasteiger partial charge in [-0.15, -0.1) is 11.3 Å². The topological polar surface area (TPSA) is 91.0 Å². The van der Waals surface area contributed by atoms with E-state index in [4.69, 9.17) is 0 Å². The van der Waals surface area contributed by atoms with E-state index in [9.17, 15) is 9.59 Å². The second kappa shape index (κ2) is 6.72. The Morgan fingerprint density at radius 3 is 2.77 bits per heavy atom. The molecule has 0 aliphatic carbocycles. The molecule has 4 rings (SSSR count). The highest BCUT2D eigenvalue weighted by Crippen LogP contribution is 2.43. The van der Waals surface area contributed by atoms with Crippen LogP contribution in [0.5, 0.6) is 0 Å². The van der Waals surface area contributed by atoms with Gasteiger partial charge in [0.05, 0.1) is 12.0 Å². The van der Waals surface area contributed by atoms with Crippen LogP contribution in [0.1, 0.15) is 22.9 Å². The molecule has 1 aliphatic heterocycles. The van der Waals surface area contributed by atoms with Gasteiger partial charge in [0, 0.05) is 17.0 Å². The summed E-state index contributed by atoms with van der Waals surface area (Å²) in [6, 6.07) is 11.3. The number of thiophene rings is 1. The SMILES string of the molecule is Cc1ccc(N2C(=O)C[C@@H](C(=O)Nc3ncn[nH]3)[C@@H]2c2cccs2)cc1. The third-order valence-electron chi connectivity index (χ3n) is 4.46. The molecule has 2 amide bonds. The number of aromatic amines is 1. The van der Waals surface area contributed by atoms with Crippen molar-refractivity contribution in [2.45, 2.75) is 19.4 Å². The molecule has 0 spiro atoms. The van der Waals surface area contributed by atoms with Gasteiger partial charge in [0.25, 0.3) is 0 Å². The Hall–Kier alpha value is -3.00. The van der Waals surface area contributed by atoms with Crippen LogP contribution in [-0.2, 0) is 9.59 Å². The Morgan fingerprint density at radius 2 is 2.12 bits per heavy atom. The lowest BCUT2D eigenvalue weighted by molar-refractivity contribution is -0.122. The average molecular weight is 367 g/mol. The van der Waals surface area contributed by atoms with Gasteiger partial charge >= 0.3 is 0 Å². The van der Waals surface area contributed by atoms with Crippen molar-refractivity contribution >= 4 is 34.8 Å². The second-order valence-electron chi connectivity index (χ2n) is 6.19. The summed E-state index contributed by atoms with van der Waals surface area (Å²) in [4.78, 5) is 32.3. The van der Waals surface area contributed by atoms with Crippen LogP contribution in [0.4, 0.5) is 11.6 Å². The number of nitrogens with one attached hydrogen (secondary N) is 2. The van der Waals surface area contributed by atoms with Crippen LogP contribution in [0.25, 0.3) is 0 Å². The van der Waals surface area contributed by atoms with Crippen LogP contribution < -0.4 is 10.2 Å². The predicted octanol–water partition coefficient (Wildman–Crippen LogP) is 2.91. The van der Waals surface area contributed by atoms with Crippen LogP contribution in [0.15, 0.2) is 48.1 Å². The molecule has 0 bridgehead atoms. The molecule has 3 heterocycles. The summed E-state index contributed by atoms with van der Waals surface area (Å²) in [5.74, 6) is -0.540. The molecule has 3 aromatic rings. The molecule has 0 unspecified atom stereocenters. The molecule has 2 atom stereocenters. The van der Waals surface area contributed by atoms with Gasteiger partial charge in [-0.2, -0.15) is 10.1 Å². The summed E-state index contributed by atoms with van der Waals surface area (Å²) in [5, 5.41) is 11.0. The number of amides is 2. The molecule has 2 N–H and O–H groups in total. The van der Waals surface area contributed by atoms with E-state index in [-0.39, 0.29) is 30.2 Å². The number of anilines is 2. The quantitative estimate of drug-likeness (QED) is 0.742. The Bertz CT molecular complexity index is 906. The number of carbonyl (C=O) groups excluding carboxylic acids is 2. The predicted molar refractivity (Wildman–Crippen MR) is 98.8 cm³/mol. The Kier molecular flexibility index (Phi) is 4.26. The lowest BCUT2D eigenvalue weighted by Crippen LogP contribution is -2.32. The number of nitrogens with zero attached hydrogens (tertiary/aromatic N) is 3. The first-order chi connectivity index (χ1) is 12.6. The fraction of sp³-hybridized carbons (Fsp3) is 0.222. The van der Waals surface area contributed by atoms with Crippen molar-refractivity contribution < 1.29 is 9.59 Å². The van der Waals surface area contributed by atoms with Gasteiger partial charge in [-0.25, -0.2) is 5.10 Å². The standard InChI is InChI=1S/C18H17N5O2S/c1-11-4-6-12(7-5-11)23-15(24)9-13(16(23)14-3-2-8-26-14)17(25)21-18-19-10-20-22-18/h2-8,10,13,16H,9H2,1H3,(H2,19,20,21,22,25)/t13-,16-/m1/s1. The molecule has 0 radical (unpaired) electrons. The van der Waals surface area contributed by atoms with E-state index in [1.165, 1.54) is 6.33 Å². The zero-order valence-corrected chi connectivity index (χ0v) is 14.9. The fourth-order valence-electron chi connectivity index (χ4n) is 3.24. The molecular formula is C18H17N5O2S. The summed E-state index contributed by atoms with van der Waals surface area (Å²) >= 11 is 1.54. The first-order valence-corrected chi connectivity index (χ1v) is 9.10. The van der Waals surface area contributed by atoms with Crippen molar-refractivity contribution in [3.63, 3.8) is 0 Å². The van der Waals surface area contributed by atoms with E-state index in [2.05, 4.69) is 20.5 Å². The lowest BCUT2D eigenvalue weighted by atomic mass is 9.97. The number of H-pyrrole nitrogens is 1.